The monoisotopic (exact) mass is 398 g/mol. The van der Waals surface area contributed by atoms with Crippen LogP contribution in [0.3, 0.4) is 0 Å². The van der Waals surface area contributed by atoms with Crippen LogP contribution in [-0.2, 0) is 16.1 Å². The summed E-state index contributed by atoms with van der Waals surface area (Å²) in [7, 11) is 0. The Balaban J connectivity index is 1.72. The Morgan fingerprint density at radius 2 is 1.75 bits per heavy atom. The van der Waals surface area contributed by atoms with Gasteiger partial charge in [0.05, 0.1) is 11.7 Å². The molecular formula is C21H22N2O4S. The van der Waals surface area contributed by atoms with E-state index in [1.54, 1.807) is 0 Å². The van der Waals surface area contributed by atoms with Crippen LogP contribution in [0, 0.1) is 34.6 Å². The Morgan fingerprint density at radius 1 is 1.11 bits per heavy atom. The van der Waals surface area contributed by atoms with Crippen LogP contribution in [0.5, 0.6) is 0 Å². The van der Waals surface area contributed by atoms with E-state index in [9.17, 15) is 14.4 Å². The SMILES string of the molecule is Cc1cc(C)c(C(=O)COC(=O)Cn2cnc3sc(C)c(C)c3c2=O)c(C)c1. The molecule has 28 heavy (non-hydrogen) atoms. The molecule has 3 rings (SSSR count). The van der Waals surface area contributed by atoms with Crippen LogP contribution < -0.4 is 5.56 Å². The molecule has 0 radical (unpaired) electrons. The number of ketones is 1. The van der Waals surface area contributed by atoms with E-state index in [4.69, 9.17) is 4.74 Å². The summed E-state index contributed by atoms with van der Waals surface area (Å²) in [5.41, 5.74) is 3.95. The van der Waals surface area contributed by atoms with Gasteiger partial charge in [0.25, 0.3) is 5.56 Å². The van der Waals surface area contributed by atoms with Gasteiger partial charge < -0.3 is 4.74 Å². The molecule has 0 aliphatic rings. The number of benzene rings is 1. The number of ether oxygens (including phenoxy) is 1. The summed E-state index contributed by atoms with van der Waals surface area (Å²) in [5, 5.41) is 0.528. The molecule has 0 saturated carbocycles. The number of Topliss-reactive ketones (excluding diaryl/α,β-unsaturated/α-hetero) is 1. The summed E-state index contributed by atoms with van der Waals surface area (Å²) in [4.78, 5) is 43.2. The lowest BCUT2D eigenvalue weighted by atomic mass is 9.97. The van der Waals surface area contributed by atoms with Crippen molar-refractivity contribution in [3.05, 3.63) is 61.5 Å². The van der Waals surface area contributed by atoms with Gasteiger partial charge >= 0.3 is 5.97 Å². The van der Waals surface area contributed by atoms with Crippen molar-refractivity contribution in [3.63, 3.8) is 0 Å². The largest absolute Gasteiger partial charge is 0.456 e. The van der Waals surface area contributed by atoms with Gasteiger partial charge in [0, 0.05) is 10.4 Å². The number of nitrogens with zero attached hydrogens (tertiary/aromatic N) is 2. The van der Waals surface area contributed by atoms with Gasteiger partial charge in [-0.1, -0.05) is 17.7 Å². The molecule has 0 spiro atoms. The molecule has 0 unspecified atom stereocenters. The van der Waals surface area contributed by atoms with Gasteiger partial charge in [-0.05, 0) is 51.3 Å². The topological polar surface area (TPSA) is 78.3 Å². The molecule has 0 aliphatic heterocycles. The van der Waals surface area contributed by atoms with Crippen molar-refractivity contribution in [2.75, 3.05) is 6.61 Å². The van der Waals surface area contributed by atoms with E-state index in [-0.39, 0.29) is 24.5 Å². The predicted octanol–water partition coefficient (Wildman–Crippen LogP) is 3.43. The average Bonchev–Trinajstić information content (AvgIpc) is 2.89. The van der Waals surface area contributed by atoms with Crippen LogP contribution >= 0.6 is 11.3 Å². The summed E-state index contributed by atoms with van der Waals surface area (Å²) < 4.78 is 6.35. The van der Waals surface area contributed by atoms with E-state index >= 15 is 0 Å². The van der Waals surface area contributed by atoms with Crippen LogP contribution in [0.1, 0.15) is 37.5 Å². The maximum absolute atomic E-state index is 12.6. The predicted molar refractivity (Wildman–Crippen MR) is 109 cm³/mol. The molecule has 1 aromatic carbocycles. The smallest absolute Gasteiger partial charge is 0.326 e. The van der Waals surface area contributed by atoms with E-state index < -0.39 is 5.97 Å². The highest BCUT2D eigenvalue weighted by Crippen LogP contribution is 2.25. The Kier molecular flexibility index (Phi) is 5.47. The number of carbonyl (C=O) groups is 2. The van der Waals surface area contributed by atoms with E-state index in [0.29, 0.717) is 15.8 Å². The van der Waals surface area contributed by atoms with Crippen molar-refractivity contribution in [2.45, 2.75) is 41.2 Å². The number of carbonyl (C=O) groups excluding carboxylic acids is 2. The number of esters is 1. The number of aromatic nitrogens is 2. The number of hydrogen-bond donors (Lipinski definition) is 0. The van der Waals surface area contributed by atoms with Crippen LogP contribution in [-0.4, -0.2) is 27.9 Å². The van der Waals surface area contributed by atoms with Gasteiger partial charge in [-0.3, -0.25) is 19.0 Å². The van der Waals surface area contributed by atoms with E-state index in [0.717, 1.165) is 27.1 Å². The summed E-state index contributed by atoms with van der Waals surface area (Å²) in [6.07, 6.45) is 1.34. The number of rotatable bonds is 5. The molecule has 0 N–H and O–H groups in total. The van der Waals surface area contributed by atoms with Crippen molar-refractivity contribution in [3.8, 4) is 0 Å². The third-order valence-corrected chi connectivity index (χ3v) is 5.89. The lowest BCUT2D eigenvalue weighted by Gasteiger charge is -2.11. The van der Waals surface area contributed by atoms with Gasteiger partial charge in [-0.15, -0.1) is 11.3 Å². The van der Waals surface area contributed by atoms with Gasteiger partial charge in [-0.2, -0.15) is 0 Å². The Labute approximate surface area is 166 Å². The molecule has 2 aromatic heterocycles. The standard InChI is InChI=1S/C21H22N2O4S/c1-11-6-12(2)18(13(3)7-11)16(24)9-27-17(25)8-23-10-22-20-19(21(23)26)14(4)15(5)28-20/h6-7,10H,8-9H2,1-5H3. The summed E-state index contributed by atoms with van der Waals surface area (Å²) in [5.74, 6) is -0.905. The summed E-state index contributed by atoms with van der Waals surface area (Å²) in [6.45, 7) is 8.85. The number of hydrogen-bond acceptors (Lipinski definition) is 6. The highest BCUT2D eigenvalue weighted by Gasteiger charge is 2.17. The third-order valence-electron chi connectivity index (χ3n) is 4.78. The molecule has 6 nitrogen and oxygen atoms in total. The minimum absolute atomic E-state index is 0.256. The molecular weight excluding hydrogens is 376 g/mol. The van der Waals surface area contributed by atoms with Crippen LogP contribution in [0.25, 0.3) is 10.2 Å². The maximum Gasteiger partial charge on any atom is 0.326 e. The molecule has 7 heteroatoms. The van der Waals surface area contributed by atoms with Gasteiger partial charge in [0.15, 0.2) is 6.61 Å². The van der Waals surface area contributed by atoms with Crippen molar-refractivity contribution >= 4 is 33.3 Å². The first-order valence-corrected chi connectivity index (χ1v) is 9.72. The second-order valence-corrected chi connectivity index (χ2v) is 8.20. The Morgan fingerprint density at radius 3 is 2.39 bits per heavy atom. The highest BCUT2D eigenvalue weighted by atomic mass is 32.1. The normalized spacial score (nSPS) is 11.0. The van der Waals surface area contributed by atoms with Gasteiger partial charge in [0.2, 0.25) is 5.78 Å². The molecule has 146 valence electrons. The second kappa shape index (κ2) is 7.67. The fraction of sp³-hybridized carbons (Fsp3) is 0.333. The summed E-state index contributed by atoms with van der Waals surface area (Å²) >= 11 is 1.45. The molecule has 0 fully saturated rings. The second-order valence-electron chi connectivity index (χ2n) is 7.00. The van der Waals surface area contributed by atoms with Gasteiger partial charge in [-0.25, -0.2) is 4.98 Å². The van der Waals surface area contributed by atoms with Crippen LogP contribution in [0.4, 0.5) is 0 Å². The molecule has 0 atom stereocenters. The molecule has 2 heterocycles. The highest BCUT2D eigenvalue weighted by molar-refractivity contribution is 7.18. The van der Waals surface area contributed by atoms with Crippen molar-refractivity contribution in [1.82, 2.24) is 9.55 Å². The first-order valence-electron chi connectivity index (χ1n) is 8.91. The number of thiophene rings is 1. The quantitative estimate of drug-likeness (QED) is 0.486. The zero-order valence-corrected chi connectivity index (χ0v) is 17.4. The third kappa shape index (κ3) is 3.75. The number of aryl methyl sites for hydroxylation is 5. The van der Waals surface area contributed by atoms with Crippen molar-refractivity contribution < 1.29 is 14.3 Å². The molecule has 0 bridgehead atoms. The Bertz CT molecular complexity index is 1130. The fourth-order valence-electron chi connectivity index (χ4n) is 3.41. The molecule has 3 aromatic rings. The van der Waals surface area contributed by atoms with Crippen LogP contribution in [0.2, 0.25) is 0 Å². The van der Waals surface area contributed by atoms with Gasteiger partial charge in [0.1, 0.15) is 11.4 Å². The van der Waals surface area contributed by atoms with E-state index in [2.05, 4.69) is 4.98 Å². The van der Waals surface area contributed by atoms with Crippen molar-refractivity contribution in [2.24, 2.45) is 0 Å². The maximum atomic E-state index is 12.6. The molecule has 0 aliphatic carbocycles. The fourth-order valence-corrected chi connectivity index (χ4v) is 4.39. The van der Waals surface area contributed by atoms with Crippen molar-refractivity contribution in [1.29, 1.82) is 0 Å². The Hall–Kier alpha value is -2.80. The minimum Gasteiger partial charge on any atom is -0.456 e. The van der Waals surface area contributed by atoms with E-state index in [1.807, 2.05) is 46.8 Å². The number of fused-ring (bicyclic) bond motifs is 1. The lowest BCUT2D eigenvalue weighted by molar-refractivity contribution is -0.143. The minimum atomic E-state index is -0.649. The molecule has 0 amide bonds. The lowest BCUT2D eigenvalue weighted by Crippen LogP contribution is -2.27. The first-order chi connectivity index (χ1) is 13.2. The van der Waals surface area contributed by atoms with Crippen LogP contribution in [0.15, 0.2) is 23.3 Å². The summed E-state index contributed by atoms with van der Waals surface area (Å²) in [6, 6.07) is 3.85. The first kappa shape index (κ1) is 19.9. The van der Waals surface area contributed by atoms with E-state index in [1.165, 1.54) is 22.2 Å². The average molecular weight is 398 g/mol. The zero-order chi connectivity index (χ0) is 20.6. The zero-order valence-electron chi connectivity index (χ0n) is 16.6. The molecule has 0 saturated heterocycles.